The van der Waals surface area contributed by atoms with Gasteiger partial charge in [0.2, 0.25) is 0 Å². The number of carbonyl (C=O) groups is 2. The van der Waals surface area contributed by atoms with Crippen LogP contribution in [-0.2, 0) is 9.59 Å². The van der Waals surface area contributed by atoms with Gasteiger partial charge in [0.25, 0.3) is 0 Å². The van der Waals surface area contributed by atoms with Crippen molar-refractivity contribution in [2.24, 2.45) is 0 Å². The van der Waals surface area contributed by atoms with Gasteiger partial charge in [0.1, 0.15) is 0 Å². The van der Waals surface area contributed by atoms with Crippen LogP contribution in [0.25, 0.3) is 6.08 Å². The van der Waals surface area contributed by atoms with Crippen LogP contribution in [0.2, 0.25) is 0 Å². The highest BCUT2D eigenvalue weighted by Crippen LogP contribution is 2.07. The fourth-order valence-corrected chi connectivity index (χ4v) is 1.08. The van der Waals surface area contributed by atoms with Gasteiger partial charge in [-0.15, -0.1) is 0 Å². The van der Waals surface area contributed by atoms with Crippen molar-refractivity contribution in [3.05, 3.63) is 35.7 Å². The van der Waals surface area contributed by atoms with Crippen molar-refractivity contribution in [1.29, 1.82) is 0 Å². The number of rotatable bonds is 3. The highest BCUT2D eigenvalue weighted by atomic mass is 16.1. The molecule has 0 aliphatic carbocycles. The highest BCUT2D eigenvalue weighted by molar-refractivity contribution is 6.21. The molecular formula is C11H11NO2. The monoisotopic (exact) mass is 189 g/mol. The molecule has 0 amide bonds. The molecule has 0 radical (unpaired) electrons. The third-order valence-corrected chi connectivity index (χ3v) is 1.78. The van der Waals surface area contributed by atoms with E-state index in [4.69, 9.17) is 0 Å². The van der Waals surface area contributed by atoms with Crippen molar-refractivity contribution in [2.45, 2.75) is 13.8 Å². The van der Waals surface area contributed by atoms with Gasteiger partial charge < -0.3 is 0 Å². The fourth-order valence-electron chi connectivity index (χ4n) is 1.08. The first-order valence-electron chi connectivity index (χ1n) is 4.25. The molecule has 3 nitrogen and oxygen atoms in total. The molecular weight excluding hydrogens is 178 g/mol. The van der Waals surface area contributed by atoms with E-state index in [2.05, 4.69) is 4.98 Å². The van der Waals surface area contributed by atoms with Crippen LogP contribution >= 0.6 is 0 Å². The van der Waals surface area contributed by atoms with Crippen LogP contribution in [0, 0.1) is 0 Å². The number of Topliss-reactive ketones (excluding diaryl/α,β-unsaturated/α-hetero) is 2. The summed E-state index contributed by atoms with van der Waals surface area (Å²) < 4.78 is 0. The van der Waals surface area contributed by atoms with E-state index in [1.54, 1.807) is 30.6 Å². The van der Waals surface area contributed by atoms with Gasteiger partial charge in [0.15, 0.2) is 11.6 Å². The van der Waals surface area contributed by atoms with E-state index in [0.29, 0.717) is 0 Å². The van der Waals surface area contributed by atoms with Crippen LogP contribution < -0.4 is 0 Å². The van der Waals surface area contributed by atoms with Crippen molar-refractivity contribution in [2.75, 3.05) is 0 Å². The normalized spacial score (nSPS) is 9.29. The summed E-state index contributed by atoms with van der Waals surface area (Å²) in [5.41, 5.74) is 1.02. The van der Waals surface area contributed by atoms with Gasteiger partial charge in [-0.25, -0.2) is 0 Å². The molecule has 1 aromatic rings. The molecule has 0 N–H and O–H groups in total. The molecule has 1 rings (SSSR count). The van der Waals surface area contributed by atoms with Crippen LogP contribution in [0.1, 0.15) is 19.4 Å². The summed E-state index contributed by atoms with van der Waals surface area (Å²) in [5.74, 6) is -0.427. The molecule has 72 valence electrons. The van der Waals surface area contributed by atoms with Crippen molar-refractivity contribution < 1.29 is 9.59 Å². The van der Waals surface area contributed by atoms with E-state index in [1.165, 1.54) is 13.8 Å². The zero-order chi connectivity index (χ0) is 10.6. The van der Waals surface area contributed by atoms with Gasteiger partial charge in [-0.05, 0) is 37.6 Å². The lowest BCUT2D eigenvalue weighted by molar-refractivity contribution is -0.119. The molecule has 1 aromatic heterocycles. The number of ketones is 2. The topological polar surface area (TPSA) is 47.0 Å². The van der Waals surface area contributed by atoms with Gasteiger partial charge in [-0.1, -0.05) is 0 Å². The Morgan fingerprint density at radius 3 is 2.07 bits per heavy atom. The van der Waals surface area contributed by atoms with E-state index in [0.717, 1.165) is 5.56 Å². The minimum absolute atomic E-state index is 0.214. The van der Waals surface area contributed by atoms with Gasteiger partial charge in [0, 0.05) is 12.4 Å². The zero-order valence-corrected chi connectivity index (χ0v) is 8.15. The Bertz CT molecular complexity index is 364. The molecule has 0 bridgehead atoms. The van der Waals surface area contributed by atoms with Crippen molar-refractivity contribution in [3.63, 3.8) is 0 Å². The van der Waals surface area contributed by atoms with Crippen molar-refractivity contribution in [1.82, 2.24) is 4.98 Å². The maximum absolute atomic E-state index is 11.1. The molecule has 0 aliphatic rings. The molecule has 0 atom stereocenters. The molecule has 0 fully saturated rings. The summed E-state index contributed by atoms with van der Waals surface area (Å²) in [6, 6.07) is 3.48. The number of hydrogen-bond acceptors (Lipinski definition) is 3. The number of carbonyl (C=O) groups excluding carboxylic acids is 2. The summed E-state index contributed by atoms with van der Waals surface area (Å²) in [4.78, 5) is 26.0. The smallest absolute Gasteiger partial charge is 0.163 e. The van der Waals surface area contributed by atoms with Gasteiger partial charge in [-0.3, -0.25) is 14.6 Å². The molecule has 3 heteroatoms. The Morgan fingerprint density at radius 1 is 1.14 bits per heavy atom. The van der Waals surface area contributed by atoms with Crippen LogP contribution in [-0.4, -0.2) is 16.6 Å². The van der Waals surface area contributed by atoms with Crippen LogP contribution in [0.4, 0.5) is 0 Å². The minimum atomic E-state index is -0.214. The Labute approximate surface area is 82.5 Å². The summed E-state index contributed by atoms with van der Waals surface area (Å²) in [7, 11) is 0. The maximum Gasteiger partial charge on any atom is 0.163 e. The Hall–Kier alpha value is -1.77. The average molecular weight is 189 g/mol. The predicted octanol–water partition coefficient (Wildman–Crippen LogP) is 1.64. The van der Waals surface area contributed by atoms with Crippen molar-refractivity contribution in [3.8, 4) is 0 Å². The first kappa shape index (κ1) is 10.3. The number of aromatic nitrogens is 1. The molecule has 0 saturated heterocycles. The Morgan fingerprint density at radius 2 is 1.64 bits per heavy atom. The molecule has 0 aliphatic heterocycles. The Balaban J connectivity index is 3.06. The van der Waals surface area contributed by atoms with Crippen LogP contribution in [0.3, 0.4) is 0 Å². The molecule has 1 heterocycles. The van der Waals surface area contributed by atoms with Crippen LogP contribution in [0.15, 0.2) is 30.1 Å². The van der Waals surface area contributed by atoms with Gasteiger partial charge in [-0.2, -0.15) is 0 Å². The summed E-state index contributed by atoms with van der Waals surface area (Å²) >= 11 is 0. The van der Waals surface area contributed by atoms with Gasteiger partial charge >= 0.3 is 0 Å². The second-order valence-electron chi connectivity index (χ2n) is 2.95. The van der Waals surface area contributed by atoms with Crippen molar-refractivity contribution >= 4 is 17.6 Å². The van der Waals surface area contributed by atoms with E-state index in [-0.39, 0.29) is 17.1 Å². The summed E-state index contributed by atoms with van der Waals surface area (Å²) in [6.07, 6.45) is 4.81. The summed E-state index contributed by atoms with van der Waals surface area (Å²) in [6.45, 7) is 2.77. The first-order chi connectivity index (χ1) is 6.61. The van der Waals surface area contributed by atoms with Crippen LogP contribution in [0.5, 0.6) is 0 Å². The lowest BCUT2D eigenvalue weighted by Crippen LogP contribution is -2.05. The quantitative estimate of drug-likeness (QED) is 0.412. The standard InChI is InChI=1S/C11H11NO2/c1-8(13)11(9(2)14)7-10-3-5-12-6-4-10/h3-7H,1-2H3. The number of pyridine rings is 1. The largest absolute Gasteiger partial charge is 0.294 e. The zero-order valence-electron chi connectivity index (χ0n) is 8.15. The molecule has 14 heavy (non-hydrogen) atoms. The fraction of sp³-hybridized carbons (Fsp3) is 0.182. The second-order valence-corrected chi connectivity index (χ2v) is 2.95. The van der Waals surface area contributed by atoms with E-state index >= 15 is 0 Å². The average Bonchev–Trinajstić information content (AvgIpc) is 2.15. The highest BCUT2D eigenvalue weighted by Gasteiger charge is 2.08. The molecule has 0 spiro atoms. The SMILES string of the molecule is CC(=O)C(=Cc1ccncc1)C(C)=O. The lowest BCUT2D eigenvalue weighted by Gasteiger charge is -1.97. The number of allylic oxidation sites excluding steroid dienone is 1. The lowest BCUT2D eigenvalue weighted by atomic mass is 10.1. The molecule has 0 saturated carbocycles. The third kappa shape index (κ3) is 2.62. The maximum atomic E-state index is 11.1. The second kappa shape index (κ2) is 4.46. The number of nitrogens with zero attached hydrogens (tertiary/aromatic N) is 1. The van der Waals surface area contributed by atoms with Gasteiger partial charge in [0.05, 0.1) is 5.57 Å². The summed E-state index contributed by atoms with van der Waals surface area (Å²) in [5, 5.41) is 0. The van der Waals surface area contributed by atoms with E-state index < -0.39 is 0 Å². The predicted molar refractivity (Wildman–Crippen MR) is 53.6 cm³/mol. The van der Waals surface area contributed by atoms with E-state index in [1.807, 2.05) is 0 Å². The minimum Gasteiger partial charge on any atom is -0.294 e. The molecule has 0 aromatic carbocycles. The number of hydrogen-bond donors (Lipinski definition) is 0. The molecule has 0 unspecified atom stereocenters. The Kier molecular flexibility index (Phi) is 3.29. The first-order valence-corrected chi connectivity index (χ1v) is 4.25. The van der Waals surface area contributed by atoms with E-state index in [9.17, 15) is 9.59 Å². The third-order valence-electron chi connectivity index (χ3n) is 1.78.